The Morgan fingerprint density at radius 1 is 1.38 bits per heavy atom. The minimum absolute atomic E-state index is 0.105. The first-order chi connectivity index (χ1) is 7.69. The predicted octanol–water partition coefficient (Wildman–Crippen LogP) is 3.11. The van der Waals surface area contributed by atoms with E-state index in [1.54, 1.807) is 0 Å². The average Bonchev–Trinajstić information content (AvgIpc) is 2.29. The number of hydrogen-bond acceptors (Lipinski definition) is 2. The second-order valence-electron chi connectivity index (χ2n) is 4.11. The molecule has 1 aromatic carbocycles. The number of nitrogens with two attached hydrogens (primary N) is 1. The quantitative estimate of drug-likeness (QED) is 0.743. The summed E-state index contributed by atoms with van der Waals surface area (Å²) in [5, 5.41) is 0. The summed E-state index contributed by atoms with van der Waals surface area (Å²) in [5.41, 5.74) is 8.25. The molecule has 2 N–H and O–H groups in total. The van der Waals surface area contributed by atoms with Gasteiger partial charge in [-0.15, -0.1) is 6.58 Å². The summed E-state index contributed by atoms with van der Waals surface area (Å²) in [4.78, 5) is 2.32. The zero-order chi connectivity index (χ0) is 12.0. The van der Waals surface area contributed by atoms with Gasteiger partial charge in [0.05, 0.1) is 0 Å². The molecule has 0 unspecified atom stereocenters. The highest BCUT2D eigenvalue weighted by atomic mass is 15.1. The van der Waals surface area contributed by atoms with E-state index in [-0.39, 0.29) is 6.04 Å². The molecular weight excluding hydrogens is 196 g/mol. The standard InChI is InChI=1S/C14H22N2/c1-4-10-16(11-5-2)14-8-6-13(7-9-14)12(3)15/h4,6-9,12H,1,5,10-11,15H2,2-3H3/t12-/m0/s1. The molecule has 2 heteroatoms. The van der Waals surface area contributed by atoms with Crippen molar-refractivity contribution in [2.75, 3.05) is 18.0 Å². The Hall–Kier alpha value is -1.28. The number of hydrogen-bond donors (Lipinski definition) is 1. The first-order valence-corrected chi connectivity index (χ1v) is 5.90. The molecule has 0 heterocycles. The molecule has 1 rings (SSSR count). The Balaban J connectivity index is 2.80. The maximum atomic E-state index is 5.83. The van der Waals surface area contributed by atoms with Gasteiger partial charge in [0.1, 0.15) is 0 Å². The van der Waals surface area contributed by atoms with Gasteiger partial charge < -0.3 is 10.6 Å². The van der Waals surface area contributed by atoms with Gasteiger partial charge in [0.15, 0.2) is 0 Å². The molecule has 1 aromatic rings. The molecular formula is C14H22N2. The third kappa shape index (κ3) is 3.38. The molecule has 0 aromatic heterocycles. The van der Waals surface area contributed by atoms with Crippen molar-refractivity contribution in [1.82, 2.24) is 0 Å². The van der Waals surface area contributed by atoms with Crippen LogP contribution in [0.4, 0.5) is 5.69 Å². The van der Waals surface area contributed by atoms with Crippen molar-refractivity contribution in [2.24, 2.45) is 5.73 Å². The maximum Gasteiger partial charge on any atom is 0.0369 e. The van der Waals surface area contributed by atoms with Crippen LogP contribution in [-0.2, 0) is 0 Å². The summed E-state index contributed by atoms with van der Waals surface area (Å²) in [6, 6.07) is 8.58. The zero-order valence-corrected chi connectivity index (χ0v) is 10.3. The van der Waals surface area contributed by atoms with E-state index < -0.39 is 0 Å². The largest absolute Gasteiger partial charge is 0.368 e. The SMILES string of the molecule is C=CCN(CCC)c1ccc([C@H](C)N)cc1. The molecule has 16 heavy (non-hydrogen) atoms. The number of benzene rings is 1. The number of rotatable bonds is 6. The Morgan fingerprint density at radius 3 is 2.44 bits per heavy atom. The third-order valence-electron chi connectivity index (χ3n) is 2.63. The molecule has 1 atom stereocenters. The van der Waals surface area contributed by atoms with E-state index in [0.29, 0.717) is 0 Å². The van der Waals surface area contributed by atoms with Gasteiger partial charge in [0.2, 0.25) is 0 Å². The van der Waals surface area contributed by atoms with Crippen LogP contribution in [0.2, 0.25) is 0 Å². The van der Waals surface area contributed by atoms with Crippen molar-refractivity contribution in [1.29, 1.82) is 0 Å². The van der Waals surface area contributed by atoms with Crippen LogP contribution in [0.5, 0.6) is 0 Å². The van der Waals surface area contributed by atoms with E-state index in [4.69, 9.17) is 5.73 Å². The second kappa shape index (κ2) is 6.33. The molecule has 0 fully saturated rings. The van der Waals surface area contributed by atoms with E-state index in [1.807, 2.05) is 13.0 Å². The molecule has 0 bridgehead atoms. The van der Waals surface area contributed by atoms with E-state index >= 15 is 0 Å². The average molecular weight is 218 g/mol. The highest BCUT2D eigenvalue weighted by Crippen LogP contribution is 2.18. The molecule has 0 aliphatic rings. The van der Waals surface area contributed by atoms with Crippen LogP contribution in [-0.4, -0.2) is 13.1 Å². The second-order valence-corrected chi connectivity index (χ2v) is 4.11. The summed E-state index contributed by atoms with van der Waals surface area (Å²) in [5.74, 6) is 0. The van der Waals surface area contributed by atoms with Gasteiger partial charge >= 0.3 is 0 Å². The first kappa shape index (κ1) is 12.8. The van der Waals surface area contributed by atoms with E-state index in [9.17, 15) is 0 Å². The summed E-state index contributed by atoms with van der Waals surface area (Å²) in [7, 11) is 0. The molecule has 2 nitrogen and oxygen atoms in total. The van der Waals surface area contributed by atoms with Crippen LogP contribution in [0.15, 0.2) is 36.9 Å². The van der Waals surface area contributed by atoms with Crippen LogP contribution in [0.3, 0.4) is 0 Å². The minimum Gasteiger partial charge on any atom is -0.368 e. The van der Waals surface area contributed by atoms with Gasteiger partial charge in [0, 0.05) is 24.8 Å². The van der Waals surface area contributed by atoms with Crippen LogP contribution < -0.4 is 10.6 Å². The molecule has 0 aliphatic carbocycles. The third-order valence-corrected chi connectivity index (χ3v) is 2.63. The summed E-state index contributed by atoms with van der Waals surface area (Å²) in [6.07, 6.45) is 3.08. The van der Waals surface area contributed by atoms with Gasteiger partial charge in [-0.1, -0.05) is 25.1 Å². The van der Waals surface area contributed by atoms with Crippen LogP contribution in [0.25, 0.3) is 0 Å². The van der Waals surface area contributed by atoms with Gasteiger partial charge in [-0.05, 0) is 31.0 Å². The molecule has 0 saturated heterocycles. The Kier molecular flexibility index (Phi) is 5.06. The lowest BCUT2D eigenvalue weighted by molar-refractivity contribution is 0.806. The smallest absolute Gasteiger partial charge is 0.0369 e. The fraction of sp³-hybridized carbons (Fsp3) is 0.429. The van der Waals surface area contributed by atoms with Crippen LogP contribution in [0, 0.1) is 0 Å². The fourth-order valence-electron chi connectivity index (χ4n) is 1.74. The number of anilines is 1. The molecule has 88 valence electrons. The highest BCUT2D eigenvalue weighted by Gasteiger charge is 2.04. The van der Waals surface area contributed by atoms with Gasteiger partial charge in [-0.3, -0.25) is 0 Å². The van der Waals surface area contributed by atoms with Crippen molar-refractivity contribution in [3.63, 3.8) is 0 Å². The van der Waals surface area contributed by atoms with Gasteiger partial charge in [-0.25, -0.2) is 0 Å². The van der Waals surface area contributed by atoms with Crippen molar-refractivity contribution in [3.8, 4) is 0 Å². The summed E-state index contributed by atoms with van der Waals surface area (Å²) >= 11 is 0. The van der Waals surface area contributed by atoms with E-state index in [0.717, 1.165) is 19.5 Å². The lowest BCUT2D eigenvalue weighted by Crippen LogP contribution is -2.23. The summed E-state index contributed by atoms with van der Waals surface area (Å²) in [6.45, 7) is 9.94. The lowest BCUT2D eigenvalue weighted by atomic mass is 10.1. The van der Waals surface area contributed by atoms with Crippen LogP contribution in [0.1, 0.15) is 31.9 Å². The van der Waals surface area contributed by atoms with Crippen molar-refractivity contribution in [3.05, 3.63) is 42.5 Å². The Labute approximate surface area is 98.8 Å². The van der Waals surface area contributed by atoms with Gasteiger partial charge in [0.25, 0.3) is 0 Å². The predicted molar refractivity (Wildman–Crippen MR) is 71.7 cm³/mol. The molecule has 0 saturated carbocycles. The Morgan fingerprint density at radius 2 is 2.00 bits per heavy atom. The van der Waals surface area contributed by atoms with Crippen molar-refractivity contribution >= 4 is 5.69 Å². The first-order valence-electron chi connectivity index (χ1n) is 5.90. The molecule has 0 amide bonds. The zero-order valence-electron chi connectivity index (χ0n) is 10.3. The normalized spacial score (nSPS) is 12.2. The Bertz CT molecular complexity index is 314. The van der Waals surface area contributed by atoms with Crippen LogP contribution >= 0.6 is 0 Å². The highest BCUT2D eigenvalue weighted by molar-refractivity contribution is 5.48. The van der Waals surface area contributed by atoms with Crippen molar-refractivity contribution in [2.45, 2.75) is 26.3 Å². The lowest BCUT2D eigenvalue weighted by Gasteiger charge is -2.23. The van der Waals surface area contributed by atoms with Crippen molar-refractivity contribution < 1.29 is 0 Å². The maximum absolute atomic E-state index is 5.83. The van der Waals surface area contributed by atoms with E-state index in [1.165, 1.54) is 11.3 Å². The monoisotopic (exact) mass is 218 g/mol. The van der Waals surface area contributed by atoms with Gasteiger partial charge in [-0.2, -0.15) is 0 Å². The molecule has 0 spiro atoms. The minimum atomic E-state index is 0.105. The van der Waals surface area contributed by atoms with E-state index in [2.05, 4.69) is 42.7 Å². The molecule has 0 radical (unpaired) electrons. The fourth-order valence-corrected chi connectivity index (χ4v) is 1.74. The topological polar surface area (TPSA) is 29.3 Å². The number of nitrogens with zero attached hydrogens (tertiary/aromatic N) is 1. The molecule has 0 aliphatic heterocycles. The summed E-state index contributed by atoms with van der Waals surface area (Å²) < 4.78 is 0.